The van der Waals surface area contributed by atoms with Gasteiger partial charge in [0.1, 0.15) is 12.4 Å². The number of hydrogen-bond donors (Lipinski definition) is 1. The minimum Gasteiger partial charge on any atom is -0.487 e. The third kappa shape index (κ3) is 9.98. The number of methoxy groups -OCH3 is 1. The first-order valence-corrected chi connectivity index (χ1v) is 21.7. The Morgan fingerprint density at radius 1 is 1.00 bits per heavy atom. The van der Waals surface area contributed by atoms with Crippen LogP contribution in [0.2, 0.25) is 5.02 Å². The van der Waals surface area contributed by atoms with Crippen molar-refractivity contribution in [2.45, 2.75) is 90.0 Å². The third-order valence-electron chi connectivity index (χ3n) is 12.3. The van der Waals surface area contributed by atoms with Crippen molar-refractivity contribution < 1.29 is 22.7 Å². The zero-order valence-corrected chi connectivity index (χ0v) is 34.1. The van der Waals surface area contributed by atoms with Crippen molar-refractivity contribution in [3.63, 3.8) is 0 Å². The molecule has 292 valence electrons. The van der Waals surface area contributed by atoms with Crippen molar-refractivity contribution in [1.82, 2.24) is 14.5 Å². The number of piperazine rings is 1. The summed E-state index contributed by atoms with van der Waals surface area (Å²) in [5.41, 5.74) is 3.63. The summed E-state index contributed by atoms with van der Waals surface area (Å²) in [6, 6.07) is 11.4. The van der Waals surface area contributed by atoms with Crippen LogP contribution in [0.4, 0.5) is 5.69 Å². The monoisotopic (exact) mass is 768 g/mol. The van der Waals surface area contributed by atoms with E-state index in [0.29, 0.717) is 55.1 Å². The Balaban J connectivity index is 1.35. The van der Waals surface area contributed by atoms with Gasteiger partial charge < -0.3 is 19.3 Å². The highest BCUT2D eigenvalue weighted by atomic mass is 35.5. The maximum atomic E-state index is 13.9. The molecule has 0 aromatic heterocycles. The van der Waals surface area contributed by atoms with E-state index in [2.05, 4.69) is 52.3 Å². The number of benzene rings is 2. The van der Waals surface area contributed by atoms with E-state index in [1.54, 1.807) is 13.2 Å². The quantitative estimate of drug-likeness (QED) is 0.320. The lowest BCUT2D eigenvalue weighted by Gasteiger charge is -2.47. The van der Waals surface area contributed by atoms with Crippen LogP contribution in [0.1, 0.15) is 87.7 Å². The Hall–Kier alpha value is -2.63. The molecule has 2 bridgehead atoms. The van der Waals surface area contributed by atoms with Gasteiger partial charge in [0, 0.05) is 75.7 Å². The van der Waals surface area contributed by atoms with Crippen LogP contribution in [0, 0.1) is 23.7 Å². The standard InChI is InChI=1S/C42H61ClN4O5S/c1-30-9-8-11-33(27-45-20-22-47(23-21-45)42(2,3)4)37-16-13-34(37)28-46-19-7-6-10-31-25-36(43)15-12-35(31)29-52-39-17-14-32(26-38(39)46)41(48)44-53(49,50)40(30)18-24-51-5/h8,11-12,14-15,17,25-26,30,33-34,37,40H,6-7,9-10,13,16,18-24,27-29H2,1-5H3,(H,44,48)/b11-8+/t30-,33+,34-,37-,40+/m0/s1. The maximum Gasteiger partial charge on any atom is 0.264 e. The van der Waals surface area contributed by atoms with Gasteiger partial charge in [-0.2, -0.15) is 0 Å². The Bertz CT molecular complexity index is 1700. The lowest BCUT2D eigenvalue weighted by Crippen LogP contribution is -2.54. The number of carbonyl (C=O) groups excluding carboxylic acids is 1. The van der Waals surface area contributed by atoms with Crippen LogP contribution in [0.25, 0.3) is 0 Å². The molecule has 6 rings (SSSR count). The Labute approximate surface area is 323 Å². The normalized spacial score (nSPS) is 28.3. The molecule has 1 N–H and O–H groups in total. The summed E-state index contributed by atoms with van der Waals surface area (Å²) in [6.45, 7) is 16.5. The first kappa shape index (κ1) is 40.0. The molecule has 11 heteroatoms. The topological polar surface area (TPSA) is 91.4 Å². The summed E-state index contributed by atoms with van der Waals surface area (Å²) < 4.78 is 42.2. The van der Waals surface area contributed by atoms with Gasteiger partial charge in [0.25, 0.3) is 5.91 Å². The summed E-state index contributed by atoms with van der Waals surface area (Å²) in [5, 5.41) is -0.0529. The van der Waals surface area contributed by atoms with E-state index in [1.807, 2.05) is 37.3 Å². The Kier molecular flexibility index (Phi) is 13.2. The van der Waals surface area contributed by atoms with E-state index in [9.17, 15) is 13.2 Å². The van der Waals surface area contributed by atoms with Crippen molar-refractivity contribution in [3.8, 4) is 5.75 Å². The highest BCUT2D eigenvalue weighted by Gasteiger charge is 2.39. The number of hydrogen-bond acceptors (Lipinski definition) is 8. The molecule has 0 radical (unpaired) electrons. The number of halogens is 1. The van der Waals surface area contributed by atoms with Crippen LogP contribution in [0.3, 0.4) is 0 Å². The fourth-order valence-electron chi connectivity index (χ4n) is 8.85. The van der Waals surface area contributed by atoms with E-state index in [-0.39, 0.29) is 11.5 Å². The molecule has 3 heterocycles. The zero-order chi connectivity index (χ0) is 37.8. The van der Waals surface area contributed by atoms with E-state index < -0.39 is 21.2 Å². The minimum atomic E-state index is -4.01. The molecule has 2 aromatic carbocycles. The van der Waals surface area contributed by atoms with E-state index in [4.69, 9.17) is 21.1 Å². The first-order valence-electron chi connectivity index (χ1n) is 19.8. The number of anilines is 1. The largest absolute Gasteiger partial charge is 0.487 e. The number of aryl methyl sites for hydroxylation is 1. The molecule has 0 unspecified atom stereocenters. The number of nitrogens with one attached hydrogen (secondary N) is 1. The second-order valence-electron chi connectivity index (χ2n) is 16.8. The lowest BCUT2D eigenvalue weighted by atomic mass is 9.66. The van der Waals surface area contributed by atoms with E-state index >= 15 is 0 Å². The van der Waals surface area contributed by atoms with E-state index in [0.717, 1.165) is 87.8 Å². The molecule has 53 heavy (non-hydrogen) atoms. The van der Waals surface area contributed by atoms with Crippen molar-refractivity contribution in [3.05, 3.63) is 70.3 Å². The second-order valence-corrected chi connectivity index (χ2v) is 19.2. The average molecular weight is 769 g/mol. The summed E-state index contributed by atoms with van der Waals surface area (Å²) in [6.07, 6.45) is 10.8. The summed E-state index contributed by atoms with van der Waals surface area (Å²) >= 11 is 6.41. The number of rotatable bonds is 5. The molecule has 1 saturated carbocycles. The van der Waals surface area contributed by atoms with Crippen LogP contribution < -0.4 is 14.4 Å². The zero-order valence-electron chi connectivity index (χ0n) is 32.5. The molecule has 3 aliphatic heterocycles. The molecule has 4 aliphatic rings. The molecule has 9 nitrogen and oxygen atoms in total. The SMILES string of the molecule is COCC[C@@H]1[C@@H](C)C/C=C/[C@H](CN2CCN(C(C)(C)C)CC2)[C@@H]2CC[C@H]2CN2CCCCc3cc(Cl)ccc3COc3ccc(cc32)C(=O)NS1(=O)=O. The van der Waals surface area contributed by atoms with Crippen LogP contribution in [0.15, 0.2) is 48.6 Å². The Morgan fingerprint density at radius 3 is 2.51 bits per heavy atom. The molecule has 5 atom stereocenters. The number of sulfonamides is 1. The summed E-state index contributed by atoms with van der Waals surface area (Å²) in [5.74, 6) is 1.25. The number of ether oxygens (including phenoxy) is 2. The van der Waals surface area contributed by atoms with Crippen molar-refractivity contribution >= 4 is 33.2 Å². The van der Waals surface area contributed by atoms with Crippen LogP contribution >= 0.6 is 11.6 Å². The molecule has 1 aliphatic carbocycles. The lowest BCUT2D eigenvalue weighted by molar-refractivity contribution is 0.0405. The number of carbonyl (C=O) groups is 1. The molecule has 0 spiro atoms. The van der Waals surface area contributed by atoms with Gasteiger partial charge in [-0.3, -0.25) is 9.69 Å². The summed E-state index contributed by atoms with van der Waals surface area (Å²) in [4.78, 5) is 21.4. The number of nitrogens with zero attached hydrogens (tertiary/aromatic N) is 3. The van der Waals surface area contributed by atoms with Gasteiger partial charge in [-0.15, -0.1) is 0 Å². The third-order valence-corrected chi connectivity index (χ3v) is 14.5. The molecule has 1 amide bonds. The van der Waals surface area contributed by atoms with Gasteiger partial charge in [0.2, 0.25) is 10.0 Å². The van der Waals surface area contributed by atoms with Gasteiger partial charge in [0.15, 0.2) is 0 Å². The molecule has 2 aromatic rings. The van der Waals surface area contributed by atoms with Gasteiger partial charge in [-0.05, 0) is 131 Å². The van der Waals surface area contributed by atoms with Gasteiger partial charge >= 0.3 is 0 Å². The fraction of sp³-hybridized carbons (Fsp3) is 0.643. The average Bonchev–Trinajstić information content (AvgIpc) is 3.12. The smallest absolute Gasteiger partial charge is 0.264 e. The summed E-state index contributed by atoms with van der Waals surface area (Å²) in [7, 11) is -2.43. The van der Waals surface area contributed by atoms with Gasteiger partial charge in [0.05, 0.1) is 10.9 Å². The highest BCUT2D eigenvalue weighted by molar-refractivity contribution is 7.90. The highest BCUT2D eigenvalue weighted by Crippen LogP contribution is 2.44. The predicted octanol–water partition coefficient (Wildman–Crippen LogP) is 7.18. The first-order chi connectivity index (χ1) is 25.3. The van der Waals surface area contributed by atoms with Gasteiger partial charge in [-0.25, -0.2) is 13.1 Å². The maximum absolute atomic E-state index is 13.9. The Morgan fingerprint density at radius 2 is 1.79 bits per heavy atom. The second kappa shape index (κ2) is 17.4. The molecular formula is C42H61ClN4O5S. The van der Waals surface area contributed by atoms with Crippen molar-refractivity contribution in [2.75, 3.05) is 64.4 Å². The van der Waals surface area contributed by atoms with E-state index in [1.165, 1.54) is 12.0 Å². The molecule has 2 fully saturated rings. The van der Waals surface area contributed by atoms with Crippen LogP contribution in [0.5, 0.6) is 5.75 Å². The van der Waals surface area contributed by atoms with Crippen LogP contribution in [-0.2, 0) is 27.8 Å². The van der Waals surface area contributed by atoms with Gasteiger partial charge in [-0.1, -0.05) is 36.7 Å². The molecular weight excluding hydrogens is 708 g/mol. The molecule has 1 saturated heterocycles. The van der Waals surface area contributed by atoms with Crippen LogP contribution in [-0.4, -0.2) is 94.4 Å². The predicted molar refractivity (Wildman–Crippen MR) is 214 cm³/mol. The van der Waals surface area contributed by atoms with Crippen molar-refractivity contribution in [2.24, 2.45) is 23.7 Å². The number of amides is 1. The number of allylic oxidation sites excluding steroid dienone is 1. The van der Waals surface area contributed by atoms with Crippen molar-refractivity contribution in [1.29, 1.82) is 0 Å². The minimum absolute atomic E-state index is 0.168. The number of fused-ring (bicyclic) bond motifs is 3. The fourth-order valence-corrected chi connectivity index (χ4v) is 10.7.